The molecule has 184 valence electrons. The van der Waals surface area contributed by atoms with E-state index in [0.29, 0.717) is 0 Å². The van der Waals surface area contributed by atoms with Crippen LogP contribution in [0, 0.1) is 0 Å². The average Bonchev–Trinajstić information content (AvgIpc) is 3.41. The van der Waals surface area contributed by atoms with Crippen molar-refractivity contribution in [2.24, 2.45) is 0 Å². The Hall–Kier alpha value is -3.43. The molecular weight excluding hydrogens is 452 g/mol. The summed E-state index contributed by atoms with van der Waals surface area (Å²) in [5.41, 5.74) is 3.03. The molecule has 3 aliphatic rings. The second-order valence-electron chi connectivity index (χ2n) is 9.35. The Bertz CT molecular complexity index is 1100. The van der Waals surface area contributed by atoms with Crippen LogP contribution in [0.5, 0.6) is 0 Å². The van der Waals surface area contributed by atoms with Gasteiger partial charge in [-0.1, -0.05) is 48.5 Å². The van der Waals surface area contributed by atoms with Gasteiger partial charge in [-0.2, -0.15) is 0 Å². The van der Waals surface area contributed by atoms with E-state index in [-0.39, 0.29) is 51.5 Å². The summed E-state index contributed by atoms with van der Waals surface area (Å²) in [4.78, 5) is 39.4. The van der Waals surface area contributed by atoms with Gasteiger partial charge in [-0.05, 0) is 22.3 Å². The first kappa shape index (κ1) is 23.3. The van der Waals surface area contributed by atoms with Gasteiger partial charge in [0.25, 0.3) is 0 Å². The van der Waals surface area contributed by atoms with E-state index in [4.69, 9.17) is 9.47 Å². The number of carboxylic acid groups (broad SMARTS) is 1. The lowest BCUT2D eigenvalue weighted by molar-refractivity contribution is -0.153. The fourth-order valence-corrected chi connectivity index (χ4v) is 5.49. The molecule has 35 heavy (non-hydrogen) atoms. The van der Waals surface area contributed by atoms with Crippen LogP contribution in [0.2, 0.25) is 0 Å². The minimum atomic E-state index is -1.35. The quantitative estimate of drug-likeness (QED) is 0.599. The van der Waals surface area contributed by atoms with Crippen LogP contribution < -0.4 is 5.32 Å². The lowest BCUT2D eigenvalue weighted by atomic mass is 9.88. The number of carbonyl (C=O) groups excluding carboxylic acids is 2. The van der Waals surface area contributed by atoms with Crippen LogP contribution in [0.15, 0.2) is 48.5 Å². The van der Waals surface area contributed by atoms with Crippen LogP contribution >= 0.6 is 0 Å². The second kappa shape index (κ2) is 9.31. The number of benzene rings is 2. The molecule has 0 bridgehead atoms. The summed E-state index contributed by atoms with van der Waals surface area (Å²) in [5.74, 6) is -1.84. The number of rotatable bonds is 5. The number of fused-ring (bicyclic) bond motifs is 3. The smallest absolute Gasteiger partial charge is 0.408 e. The number of hydrogen-bond acceptors (Lipinski definition) is 6. The molecule has 9 heteroatoms. The van der Waals surface area contributed by atoms with Crippen molar-refractivity contribution in [3.63, 3.8) is 0 Å². The van der Waals surface area contributed by atoms with E-state index in [1.165, 1.54) is 0 Å². The van der Waals surface area contributed by atoms with Gasteiger partial charge >= 0.3 is 12.1 Å². The van der Waals surface area contributed by atoms with Crippen molar-refractivity contribution >= 4 is 18.0 Å². The van der Waals surface area contributed by atoms with Crippen LogP contribution in [-0.4, -0.2) is 77.1 Å². The first-order valence-corrected chi connectivity index (χ1v) is 11.8. The van der Waals surface area contributed by atoms with Gasteiger partial charge in [-0.15, -0.1) is 0 Å². The Morgan fingerprint density at radius 1 is 1.03 bits per heavy atom. The predicted molar refractivity (Wildman–Crippen MR) is 125 cm³/mol. The Morgan fingerprint density at radius 2 is 1.63 bits per heavy atom. The van der Waals surface area contributed by atoms with E-state index in [9.17, 15) is 24.6 Å². The van der Waals surface area contributed by atoms with Gasteiger partial charge in [0.05, 0.1) is 6.10 Å². The van der Waals surface area contributed by atoms with Gasteiger partial charge in [-0.3, -0.25) is 4.79 Å². The molecule has 5 rings (SSSR count). The topological polar surface area (TPSA) is 125 Å². The summed E-state index contributed by atoms with van der Waals surface area (Å²) in [6.45, 7) is 0.485. The number of carbonyl (C=O) groups is 3. The number of aliphatic hydroxyl groups excluding tert-OH is 1. The van der Waals surface area contributed by atoms with Crippen molar-refractivity contribution in [2.75, 3.05) is 26.4 Å². The van der Waals surface area contributed by atoms with E-state index < -0.39 is 35.7 Å². The van der Waals surface area contributed by atoms with Gasteiger partial charge < -0.3 is 29.9 Å². The lowest BCUT2D eigenvalue weighted by Crippen LogP contribution is -2.63. The number of alkyl carbamates (subject to hydrolysis) is 1. The summed E-state index contributed by atoms with van der Waals surface area (Å²) in [5, 5.41) is 22.3. The zero-order valence-electron chi connectivity index (χ0n) is 19.2. The molecule has 2 aromatic carbocycles. The standard InChI is InChI=1S/C26H28N2O7/c29-16-13-22(23(30)31)28(14-16)24(32)26(9-11-34-12-10-26)27-25(33)35-15-21-19-7-3-1-5-17(19)18-6-2-4-8-20(18)21/h1-8,16,21-22,29H,9-15H2,(H,27,33)(H,30,31)/t16?,22-/m0/s1. The number of nitrogens with one attached hydrogen (secondary N) is 1. The zero-order valence-corrected chi connectivity index (χ0v) is 19.2. The third-order valence-corrected chi connectivity index (χ3v) is 7.27. The highest BCUT2D eigenvalue weighted by Gasteiger charge is 2.50. The number of aliphatic carboxylic acids is 1. The van der Waals surface area contributed by atoms with Crippen LogP contribution in [-0.2, 0) is 19.1 Å². The third kappa shape index (κ3) is 4.26. The monoisotopic (exact) mass is 480 g/mol. The summed E-state index contributed by atoms with van der Waals surface area (Å²) in [6, 6.07) is 14.9. The van der Waals surface area contributed by atoms with Crippen LogP contribution in [0.1, 0.15) is 36.3 Å². The minimum absolute atomic E-state index is 0.0431. The first-order valence-electron chi connectivity index (χ1n) is 11.8. The van der Waals surface area contributed by atoms with Gasteiger partial charge in [0.1, 0.15) is 18.2 Å². The first-order chi connectivity index (χ1) is 16.9. The highest BCUT2D eigenvalue weighted by molar-refractivity contribution is 5.93. The number of aliphatic hydroxyl groups is 1. The fourth-order valence-electron chi connectivity index (χ4n) is 5.49. The predicted octanol–water partition coefficient (Wildman–Crippen LogP) is 2.12. The highest BCUT2D eigenvalue weighted by atomic mass is 16.5. The summed E-state index contributed by atoms with van der Waals surface area (Å²) in [7, 11) is 0. The summed E-state index contributed by atoms with van der Waals surface area (Å²) in [6.07, 6.45) is -1.33. The number of carboxylic acids is 1. The maximum absolute atomic E-state index is 13.5. The maximum Gasteiger partial charge on any atom is 0.408 e. The molecule has 2 atom stereocenters. The van der Waals surface area contributed by atoms with Gasteiger partial charge in [0.2, 0.25) is 5.91 Å². The Kier molecular flexibility index (Phi) is 6.21. The average molecular weight is 481 g/mol. The number of β-amino-alcohol motifs (C(OH)–C–C–N with tert-alkyl or cyclic N) is 1. The zero-order chi connectivity index (χ0) is 24.6. The highest BCUT2D eigenvalue weighted by Crippen LogP contribution is 2.44. The fraction of sp³-hybridized carbons (Fsp3) is 0.423. The van der Waals surface area contributed by atoms with Gasteiger partial charge in [-0.25, -0.2) is 9.59 Å². The molecule has 0 spiro atoms. The van der Waals surface area contributed by atoms with Crippen molar-refractivity contribution in [3.05, 3.63) is 59.7 Å². The van der Waals surface area contributed by atoms with E-state index in [2.05, 4.69) is 5.32 Å². The molecule has 2 amide bonds. The molecule has 3 N–H and O–H groups in total. The number of amides is 2. The maximum atomic E-state index is 13.5. The molecule has 2 aliphatic heterocycles. The van der Waals surface area contributed by atoms with Crippen molar-refractivity contribution in [3.8, 4) is 11.1 Å². The largest absolute Gasteiger partial charge is 0.480 e. The minimum Gasteiger partial charge on any atom is -0.480 e. The SMILES string of the molecule is O=C(NC1(C(=O)N2CC(O)C[C@H]2C(=O)O)CCOCC1)OCC1c2ccccc2-c2ccccc21. The molecule has 2 aromatic rings. The third-order valence-electron chi connectivity index (χ3n) is 7.27. The van der Waals surface area contributed by atoms with E-state index >= 15 is 0 Å². The lowest BCUT2D eigenvalue weighted by Gasteiger charge is -2.39. The molecule has 1 aliphatic carbocycles. The van der Waals surface area contributed by atoms with E-state index in [1.807, 2.05) is 48.5 Å². The number of nitrogens with zero attached hydrogens (tertiary/aromatic N) is 1. The molecule has 2 heterocycles. The second-order valence-corrected chi connectivity index (χ2v) is 9.35. The molecule has 2 saturated heterocycles. The van der Waals surface area contributed by atoms with Crippen molar-refractivity contribution < 1.29 is 34.1 Å². The van der Waals surface area contributed by atoms with E-state index in [0.717, 1.165) is 27.2 Å². The molecule has 0 saturated carbocycles. The molecule has 2 fully saturated rings. The molecule has 0 aromatic heterocycles. The van der Waals surface area contributed by atoms with E-state index in [1.54, 1.807) is 0 Å². The normalized spacial score (nSPS) is 22.8. The Morgan fingerprint density at radius 3 is 2.23 bits per heavy atom. The van der Waals surface area contributed by atoms with Crippen LogP contribution in [0.25, 0.3) is 11.1 Å². The van der Waals surface area contributed by atoms with Crippen molar-refractivity contribution in [2.45, 2.75) is 42.9 Å². The number of hydrogen-bond donors (Lipinski definition) is 3. The van der Waals surface area contributed by atoms with Crippen LogP contribution in [0.4, 0.5) is 4.79 Å². The molecular formula is C26H28N2O7. The van der Waals surface area contributed by atoms with Gasteiger partial charge in [0.15, 0.2) is 0 Å². The Balaban J connectivity index is 1.32. The molecule has 0 radical (unpaired) electrons. The summed E-state index contributed by atoms with van der Waals surface area (Å²) < 4.78 is 11.1. The van der Waals surface area contributed by atoms with Crippen molar-refractivity contribution in [1.82, 2.24) is 10.2 Å². The van der Waals surface area contributed by atoms with Crippen molar-refractivity contribution in [1.29, 1.82) is 0 Å². The molecule has 1 unspecified atom stereocenters. The number of likely N-dealkylation sites (tertiary alicyclic amines) is 1. The Labute approximate surface area is 202 Å². The number of ether oxygens (including phenoxy) is 2. The van der Waals surface area contributed by atoms with Gasteiger partial charge in [0, 0.05) is 44.9 Å². The van der Waals surface area contributed by atoms with Crippen LogP contribution in [0.3, 0.4) is 0 Å². The summed E-state index contributed by atoms with van der Waals surface area (Å²) >= 11 is 0. The molecule has 9 nitrogen and oxygen atoms in total.